The molecule has 0 aromatic heterocycles. The van der Waals surface area contributed by atoms with Crippen LogP contribution < -0.4 is 5.32 Å². The molecule has 1 N–H and O–H groups in total. The van der Waals surface area contributed by atoms with E-state index in [0.29, 0.717) is 18.0 Å². The van der Waals surface area contributed by atoms with Gasteiger partial charge in [0.2, 0.25) is 10.0 Å². The van der Waals surface area contributed by atoms with Crippen LogP contribution in [-0.2, 0) is 16.6 Å². The number of hydrogen-bond donors (Lipinski definition) is 1. The Hall–Kier alpha value is -2.18. The molecule has 0 radical (unpaired) electrons. The van der Waals surface area contributed by atoms with E-state index < -0.39 is 10.0 Å². The Morgan fingerprint density at radius 1 is 1.04 bits per heavy atom. The van der Waals surface area contributed by atoms with Gasteiger partial charge in [0, 0.05) is 25.7 Å². The molecule has 2 rings (SSSR count). The third-order valence-electron chi connectivity index (χ3n) is 4.02. The van der Waals surface area contributed by atoms with Gasteiger partial charge in [0.05, 0.1) is 4.90 Å². The van der Waals surface area contributed by atoms with Gasteiger partial charge >= 0.3 is 0 Å². The molecular formula is C20H26N2O3S. The molecule has 0 spiro atoms. The van der Waals surface area contributed by atoms with Crippen molar-refractivity contribution in [1.82, 2.24) is 9.62 Å². The monoisotopic (exact) mass is 374 g/mol. The molecule has 0 heterocycles. The molecule has 0 unspecified atom stereocenters. The number of amides is 1. The van der Waals surface area contributed by atoms with E-state index >= 15 is 0 Å². The number of benzene rings is 2. The Morgan fingerprint density at radius 2 is 1.62 bits per heavy atom. The van der Waals surface area contributed by atoms with E-state index in [1.165, 1.54) is 4.31 Å². The highest BCUT2D eigenvalue weighted by Gasteiger charge is 2.20. The van der Waals surface area contributed by atoms with E-state index in [-0.39, 0.29) is 17.3 Å². The number of nitrogens with one attached hydrogen (secondary N) is 1. The molecule has 6 heteroatoms. The second kappa shape index (κ2) is 8.47. The molecule has 26 heavy (non-hydrogen) atoms. The molecule has 0 fully saturated rings. The predicted octanol–water partition coefficient (Wildman–Crippen LogP) is 3.20. The molecule has 5 nitrogen and oxygen atoms in total. The number of sulfonamides is 1. The van der Waals surface area contributed by atoms with E-state index in [2.05, 4.69) is 5.32 Å². The molecule has 0 aliphatic rings. The van der Waals surface area contributed by atoms with Gasteiger partial charge in [-0.2, -0.15) is 4.31 Å². The largest absolute Gasteiger partial charge is 0.352 e. The predicted molar refractivity (Wildman–Crippen MR) is 103 cm³/mol. The Kier molecular flexibility index (Phi) is 6.56. The smallest absolute Gasteiger partial charge is 0.251 e. The maximum absolute atomic E-state index is 12.6. The summed E-state index contributed by atoms with van der Waals surface area (Å²) in [6.07, 6.45) is 0. The zero-order valence-corrected chi connectivity index (χ0v) is 16.5. The van der Waals surface area contributed by atoms with Crippen LogP contribution in [0.5, 0.6) is 0 Å². The molecule has 0 saturated heterocycles. The fraction of sp³-hybridized carbons (Fsp3) is 0.350. The van der Waals surface area contributed by atoms with Crippen LogP contribution in [0.15, 0.2) is 53.4 Å². The summed E-state index contributed by atoms with van der Waals surface area (Å²) in [6, 6.07) is 13.8. The number of carbonyl (C=O) groups is 1. The standard InChI is InChI=1S/C20H26N2O3S/c1-15(2)13-21-20(23)18-9-7-17(8-10-18)14-22(4)26(24,25)19-11-5-16(3)6-12-19/h5-12,15H,13-14H2,1-4H3,(H,21,23). The second-order valence-corrected chi connectivity index (χ2v) is 8.92. The number of nitrogens with zero attached hydrogens (tertiary/aromatic N) is 1. The van der Waals surface area contributed by atoms with Crippen molar-refractivity contribution in [3.05, 3.63) is 65.2 Å². The summed E-state index contributed by atoms with van der Waals surface area (Å²) in [6.45, 7) is 6.85. The summed E-state index contributed by atoms with van der Waals surface area (Å²) in [5.74, 6) is 0.268. The van der Waals surface area contributed by atoms with Crippen molar-refractivity contribution in [3.8, 4) is 0 Å². The zero-order valence-electron chi connectivity index (χ0n) is 15.7. The van der Waals surface area contributed by atoms with Crippen LogP contribution in [0.25, 0.3) is 0 Å². The summed E-state index contributed by atoms with van der Waals surface area (Å²) in [4.78, 5) is 12.3. The maximum atomic E-state index is 12.6. The van der Waals surface area contributed by atoms with Crippen molar-refractivity contribution in [3.63, 3.8) is 0 Å². The van der Waals surface area contributed by atoms with Crippen LogP contribution in [0, 0.1) is 12.8 Å². The SMILES string of the molecule is Cc1ccc(S(=O)(=O)N(C)Cc2ccc(C(=O)NCC(C)C)cc2)cc1. The first-order chi connectivity index (χ1) is 12.2. The molecule has 2 aromatic carbocycles. The molecule has 0 atom stereocenters. The van der Waals surface area contributed by atoms with Gasteiger partial charge in [0.25, 0.3) is 5.91 Å². The highest BCUT2D eigenvalue weighted by Crippen LogP contribution is 2.17. The molecule has 0 aliphatic carbocycles. The van der Waals surface area contributed by atoms with Crippen molar-refractivity contribution in [2.45, 2.75) is 32.2 Å². The van der Waals surface area contributed by atoms with Gasteiger partial charge in [-0.05, 0) is 42.7 Å². The molecule has 140 valence electrons. The highest BCUT2D eigenvalue weighted by molar-refractivity contribution is 7.89. The minimum atomic E-state index is -3.54. The lowest BCUT2D eigenvalue weighted by molar-refractivity contribution is 0.0949. The van der Waals surface area contributed by atoms with Gasteiger partial charge in [-0.1, -0.05) is 43.7 Å². The van der Waals surface area contributed by atoms with E-state index in [1.807, 2.05) is 20.8 Å². The summed E-state index contributed by atoms with van der Waals surface area (Å²) in [5, 5.41) is 2.86. The Morgan fingerprint density at radius 3 is 2.15 bits per heavy atom. The fourth-order valence-corrected chi connectivity index (χ4v) is 3.55. The first-order valence-corrected chi connectivity index (χ1v) is 10.0. The Balaban J connectivity index is 2.06. The first-order valence-electron chi connectivity index (χ1n) is 8.60. The lowest BCUT2D eigenvalue weighted by Crippen LogP contribution is -2.27. The number of aryl methyl sites for hydroxylation is 1. The van der Waals surface area contributed by atoms with Crippen LogP contribution in [-0.4, -0.2) is 32.2 Å². The van der Waals surface area contributed by atoms with Crippen molar-refractivity contribution < 1.29 is 13.2 Å². The third kappa shape index (κ3) is 5.16. The topological polar surface area (TPSA) is 66.5 Å². The van der Waals surface area contributed by atoms with E-state index in [1.54, 1.807) is 55.6 Å². The van der Waals surface area contributed by atoms with Crippen molar-refractivity contribution in [2.75, 3.05) is 13.6 Å². The van der Waals surface area contributed by atoms with Crippen molar-refractivity contribution in [2.24, 2.45) is 5.92 Å². The first kappa shape index (κ1) is 20.1. The normalized spacial score (nSPS) is 11.8. The summed E-state index contributed by atoms with van der Waals surface area (Å²) in [7, 11) is -1.99. The number of carbonyl (C=O) groups excluding carboxylic acids is 1. The Labute approximate surface area is 156 Å². The van der Waals surface area contributed by atoms with Gasteiger partial charge in [-0.25, -0.2) is 8.42 Å². The van der Waals surface area contributed by atoms with Crippen LogP contribution in [0.4, 0.5) is 0 Å². The summed E-state index contributed by atoms with van der Waals surface area (Å²) < 4.78 is 26.6. The molecule has 2 aromatic rings. The van der Waals surface area contributed by atoms with Gasteiger partial charge in [0.1, 0.15) is 0 Å². The van der Waals surface area contributed by atoms with Crippen molar-refractivity contribution in [1.29, 1.82) is 0 Å². The molecule has 0 saturated carbocycles. The molecule has 0 aliphatic heterocycles. The van der Waals surface area contributed by atoms with E-state index in [0.717, 1.165) is 11.1 Å². The average Bonchev–Trinajstić information content (AvgIpc) is 2.60. The summed E-state index contributed by atoms with van der Waals surface area (Å²) in [5.41, 5.74) is 2.40. The fourth-order valence-electron chi connectivity index (χ4n) is 2.39. The van der Waals surface area contributed by atoms with Gasteiger partial charge in [-0.3, -0.25) is 4.79 Å². The molecule has 1 amide bonds. The molecular weight excluding hydrogens is 348 g/mol. The zero-order chi connectivity index (χ0) is 19.3. The third-order valence-corrected chi connectivity index (χ3v) is 5.84. The van der Waals surface area contributed by atoms with Crippen LogP contribution in [0.1, 0.15) is 35.3 Å². The van der Waals surface area contributed by atoms with E-state index in [9.17, 15) is 13.2 Å². The van der Waals surface area contributed by atoms with Gasteiger partial charge in [-0.15, -0.1) is 0 Å². The number of hydrogen-bond acceptors (Lipinski definition) is 3. The van der Waals surface area contributed by atoms with Crippen LogP contribution >= 0.6 is 0 Å². The minimum Gasteiger partial charge on any atom is -0.352 e. The van der Waals surface area contributed by atoms with Crippen molar-refractivity contribution >= 4 is 15.9 Å². The van der Waals surface area contributed by atoms with Gasteiger partial charge in [0.15, 0.2) is 0 Å². The average molecular weight is 375 g/mol. The van der Waals surface area contributed by atoms with E-state index in [4.69, 9.17) is 0 Å². The number of rotatable bonds is 7. The summed E-state index contributed by atoms with van der Waals surface area (Å²) >= 11 is 0. The van der Waals surface area contributed by atoms with Crippen LogP contribution in [0.3, 0.4) is 0 Å². The van der Waals surface area contributed by atoms with Gasteiger partial charge < -0.3 is 5.32 Å². The lowest BCUT2D eigenvalue weighted by Gasteiger charge is -2.17. The Bertz CT molecular complexity index is 842. The lowest BCUT2D eigenvalue weighted by atomic mass is 10.1. The maximum Gasteiger partial charge on any atom is 0.251 e. The molecule has 0 bridgehead atoms. The highest BCUT2D eigenvalue weighted by atomic mass is 32.2. The second-order valence-electron chi connectivity index (χ2n) is 6.87. The van der Waals surface area contributed by atoms with Crippen LogP contribution in [0.2, 0.25) is 0 Å². The quantitative estimate of drug-likeness (QED) is 0.809. The minimum absolute atomic E-state index is 0.120.